The molecule has 0 amide bonds. The van der Waals surface area contributed by atoms with Crippen LogP contribution in [0.1, 0.15) is 5.89 Å². The second kappa shape index (κ2) is 8.65. The summed E-state index contributed by atoms with van der Waals surface area (Å²) in [5.41, 5.74) is 0.702. The van der Waals surface area contributed by atoms with Gasteiger partial charge < -0.3 is 9.15 Å². The predicted molar refractivity (Wildman–Crippen MR) is 98.4 cm³/mol. The number of nitrogens with zero attached hydrogens (tertiary/aromatic N) is 3. The number of hydrogen-bond acceptors (Lipinski definition) is 8. The molecule has 0 fully saturated rings. The van der Waals surface area contributed by atoms with E-state index in [4.69, 9.17) is 20.8 Å². The van der Waals surface area contributed by atoms with Crippen LogP contribution >= 0.6 is 23.4 Å². The summed E-state index contributed by atoms with van der Waals surface area (Å²) in [7, 11) is 0. The minimum absolute atomic E-state index is 0.00480. The van der Waals surface area contributed by atoms with Crippen LogP contribution in [0, 0.1) is 10.1 Å². The Bertz CT molecular complexity index is 944. The molecule has 0 saturated carbocycles. The van der Waals surface area contributed by atoms with Gasteiger partial charge in [0.2, 0.25) is 5.89 Å². The van der Waals surface area contributed by atoms with Crippen molar-refractivity contribution < 1.29 is 18.9 Å². The van der Waals surface area contributed by atoms with Gasteiger partial charge in [-0.05, 0) is 36.4 Å². The standard InChI is InChI=1S/C17H12ClN3O5S/c18-12-3-1-11(2-4-12)17-20-19-15(26-17)9-25-16(22)10-27-14-7-5-13(6-8-14)21(23)24/h1-8H,9-10H2. The Hall–Kier alpha value is -2.91. The molecule has 0 spiro atoms. The summed E-state index contributed by atoms with van der Waals surface area (Å²) in [6, 6.07) is 12.8. The van der Waals surface area contributed by atoms with Gasteiger partial charge in [0.25, 0.3) is 11.6 Å². The van der Waals surface area contributed by atoms with E-state index < -0.39 is 10.9 Å². The molecule has 0 bridgehead atoms. The summed E-state index contributed by atoms with van der Waals surface area (Å²) in [5, 5.41) is 18.9. The molecule has 0 atom stereocenters. The van der Waals surface area contributed by atoms with Crippen molar-refractivity contribution in [2.75, 3.05) is 5.75 Å². The van der Waals surface area contributed by atoms with E-state index in [9.17, 15) is 14.9 Å². The summed E-state index contributed by atoms with van der Waals surface area (Å²) in [4.78, 5) is 22.7. The smallest absolute Gasteiger partial charge is 0.316 e. The monoisotopic (exact) mass is 405 g/mol. The van der Waals surface area contributed by atoms with E-state index in [0.29, 0.717) is 16.5 Å². The highest BCUT2D eigenvalue weighted by molar-refractivity contribution is 8.00. The number of non-ortho nitro benzene ring substituents is 1. The van der Waals surface area contributed by atoms with Gasteiger partial charge in [0, 0.05) is 27.6 Å². The third-order valence-corrected chi connectivity index (χ3v) is 4.56. The molecule has 0 unspecified atom stereocenters. The first kappa shape index (κ1) is 18.9. The van der Waals surface area contributed by atoms with Gasteiger partial charge in [0.05, 0.1) is 10.7 Å². The van der Waals surface area contributed by atoms with Gasteiger partial charge in [-0.25, -0.2) is 0 Å². The second-order valence-electron chi connectivity index (χ2n) is 5.21. The summed E-state index contributed by atoms with van der Waals surface area (Å²) in [6.07, 6.45) is 0. The Morgan fingerprint density at radius 1 is 1.15 bits per heavy atom. The SMILES string of the molecule is O=C(CSc1ccc([N+](=O)[O-])cc1)OCc1nnc(-c2ccc(Cl)cc2)o1. The molecule has 0 N–H and O–H groups in total. The fourth-order valence-electron chi connectivity index (χ4n) is 2.01. The van der Waals surface area contributed by atoms with Crippen molar-refractivity contribution in [1.82, 2.24) is 10.2 Å². The number of aromatic nitrogens is 2. The zero-order valence-corrected chi connectivity index (χ0v) is 15.3. The maximum Gasteiger partial charge on any atom is 0.316 e. The van der Waals surface area contributed by atoms with E-state index in [1.807, 2.05) is 0 Å². The average molecular weight is 406 g/mol. The molecule has 138 valence electrons. The highest BCUT2D eigenvalue weighted by atomic mass is 35.5. The Kier molecular flexibility index (Phi) is 6.05. The first-order valence-corrected chi connectivity index (χ1v) is 8.99. The van der Waals surface area contributed by atoms with Gasteiger partial charge in [0.15, 0.2) is 6.61 Å². The van der Waals surface area contributed by atoms with Crippen molar-refractivity contribution in [1.29, 1.82) is 0 Å². The molecule has 3 rings (SSSR count). The first-order chi connectivity index (χ1) is 13.0. The van der Waals surface area contributed by atoms with Crippen molar-refractivity contribution in [3.8, 4) is 11.5 Å². The molecule has 2 aromatic carbocycles. The molecule has 27 heavy (non-hydrogen) atoms. The van der Waals surface area contributed by atoms with Crippen LogP contribution < -0.4 is 0 Å². The maximum absolute atomic E-state index is 11.8. The minimum Gasteiger partial charge on any atom is -0.455 e. The van der Waals surface area contributed by atoms with Crippen LogP contribution in [0.3, 0.4) is 0 Å². The number of ether oxygens (including phenoxy) is 1. The normalized spacial score (nSPS) is 10.6. The number of halogens is 1. The maximum atomic E-state index is 11.8. The fourth-order valence-corrected chi connectivity index (χ4v) is 2.83. The van der Waals surface area contributed by atoms with Crippen LogP contribution in [0.4, 0.5) is 5.69 Å². The molecule has 0 aliphatic heterocycles. The van der Waals surface area contributed by atoms with Crippen molar-refractivity contribution in [3.63, 3.8) is 0 Å². The number of carbonyl (C=O) groups excluding carboxylic acids is 1. The molecule has 8 nitrogen and oxygen atoms in total. The third kappa shape index (κ3) is 5.28. The Morgan fingerprint density at radius 2 is 1.85 bits per heavy atom. The van der Waals surface area contributed by atoms with Crippen LogP contribution in [0.15, 0.2) is 57.8 Å². The predicted octanol–water partition coefficient (Wildman–Crippen LogP) is 4.13. The zero-order valence-electron chi connectivity index (χ0n) is 13.7. The minimum atomic E-state index is -0.481. The van der Waals surface area contributed by atoms with E-state index in [1.165, 1.54) is 23.9 Å². The van der Waals surface area contributed by atoms with Crippen LogP contribution in [-0.4, -0.2) is 26.8 Å². The van der Waals surface area contributed by atoms with Crippen molar-refractivity contribution >= 4 is 35.0 Å². The van der Waals surface area contributed by atoms with E-state index in [0.717, 1.165) is 4.90 Å². The van der Waals surface area contributed by atoms with E-state index >= 15 is 0 Å². The molecule has 3 aromatic rings. The number of rotatable bonds is 7. The van der Waals surface area contributed by atoms with Gasteiger partial charge in [0.1, 0.15) is 0 Å². The molecule has 0 aliphatic carbocycles. The molecule has 10 heteroatoms. The van der Waals surface area contributed by atoms with Gasteiger partial charge in [-0.1, -0.05) is 11.6 Å². The van der Waals surface area contributed by atoms with Crippen molar-refractivity contribution in [2.45, 2.75) is 11.5 Å². The van der Waals surface area contributed by atoms with Gasteiger partial charge in [-0.15, -0.1) is 22.0 Å². The van der Waals surface area contributed by atoms with Gasteiger partial charge >= 0.3 is 5.97 Å². The lowest BCUT2D eigenvalue weighted by atomic mass is 10.2. The Morgan fingerprint density at radius 3 is 2.52 bits per heavy atom. The highest BCUT2D eigenvalue weighted by Gasteiger charge is 2.12. The van der Waals surface area contributed by atoms with Gasteiger partial charge in [-0.3, -0.25) is 14.9 Å². The first-order valence-electron chi connectivity index (χ1n) is 7.62. The molecule has 0 aliphatic rings. The van der Waals surface area contributed by atoms with Crippen molar-refractivity contribution in [2.24, 2.45) is 0 Å². The molecule has 1 aromatic heterocycles. The number of benzene rings is 2. The quantitative estimate of drug-likeness (QED) is 0.250. The molecule has 1 heterocycles. The summed E-state index contributed by atoms with van der Waals surface area (Å²) in [5.74, 6) is 0.0619. The van der Waals surface area contributed by atoms with E-state index in [-0.39, 0.29) is 23.9 Å². The van der Waals surface area contributed by atoms with Gasteiger partial charge in [-0.2, -0.15) is 0 Å². The van der Waals surface area contributed by atoms with E-state index in [2.05, 4.69) is 10.2 Å². The van der Waals surface area contributed by atoms with Crippen LogP contribution in [-0.2, 0) is 16.1 Å². The average Bonchev–Trinajstić information content (AvgIpc) is 3.14. The fraction of sp³-hybridized carbons (Fsp3) is 0.118. The number of nitro benzene ring substituents is 1. The zero-order chi connectivity index (χ0) is 19.2. The number of carbonyl (C=O) groups is 1. The van der Waals surface area contributed by atoms with Crippen LogP contribution in [0.25, 0.3) is 11.5 Å². The molecular formula is C17H12ClN3O5S. The Labute approximate surface area is 162 Å². The third-order valence-electron chi connectivity index (χ3n) is 3.32. The summed E-state index contributed by atoms with van der Waals surface area (Å²) in [6.45, 7) is -0.139. The molecule has 0 radical (unpaired) electrons. The lowest BCUT2D eigenvalue weighted by Gasteiger charge is -2.02. The summed E-state index contributed by atoms with van der Waals surface area (Å²) >= 11 is 7.04. The number of hydrogen-bond donors (Lipinski definition) is 0. The molecular weight excluding hydrogens is 394 g/mol. The topological polar surface area (TPSA) is 108 Å². The Balaban J connectivity index is 1.48. The van der Waals surface area contributed by atoms with Crippen LogP contribution in [0.5, 0.6) is 0 Å². The van der Waals surface area contributed by atoms with Crippen molar-refractivity contribution in [3.05, 3.63) is 69.6 Å². The lowest BCUT2D eigenvalue weighted by Crippen LogP contribution is -2.07. The largest absolute Gasteiger partial charge is 0.455 e. The second-order valence-corrected chi connectivity index (χ2v) is 6.69. The highest BCUT2D eigenvalue weighted by Crippen LogP contribution is 2.22. The summed E-state index contributed by atoms with van der Waals surface area (Å²) < 4.78 is 10.5. The number of esters is 1. The lowest BCUT2D eigenvalue weighted by molar-refractivity contribution is -0.384. The molecule has 0 saturated heterocycles. The van der Waals surface area contributed by atoms with Crippen LogP contribution in [0.2, 0.25) is 5.02 Å². The van der Waals surface area contributed by atoms with E-state index in [1.54, 1.807) is 36.4 Å². The number of thioether (sulfide) groups is 1. The number of nitro groups is 1.